The van der Waals surface area contributed by atoms with Crippen LogP contribution in [-0.2, 0) is 0 Å². The number of nitrogens with zero attached hydrogens (tertiary/aromatic N) is 4. The van der Waals surface area contributed by atoms with Gasteiger partial charge in [-0.3, -0.25) is 0 Å². The number of azo groups is 1. The molecule has 0 aliphatic heterocycles. The number of rotatable bonds is 4. The van der Waals surface area contributed by atoms with E-state index in [1.165, 1.54) is 12.4 Å². The number of hydrogen-bond donors (Lipinski definition) is 1. The van der Waals surface area contributed by atoms with E-state index in [9.17, 15) is 0 Å². The third-order valence-electron chi connectivity index (χ3n) is 1.63. The normalized spacial score (nSPS) is 11.9. The molecule has 0 aromatic heterocycles. The molecule has 0 fully saturated rings. The van der Waals surface area contributed by atoms with Gasteiger partial charge in [0.2, 0.25) is 0 Å². The average molecular weight is 227 g/mol. The zero-order valence-corrected chi connectivity index (χ0v) is 9.32. The second-order valence-electron chi connectivity index (χ2n) is 2.81. The first-order valence-electron chi connectivity index (χ1n) is 4.91. The summed E-state index contributed by atoms with van der Waals surface area (Å²) in [7, 11) is 0. The predicted octanol–water partition coefficient (Wildman–Crippen LogP) is 2.71. The van der Waals surface area contributed by atoms with Gasteiger partial charge >= 0.3 is 0 Å². The Kier molecular flexibility index (Phi) is 5.66. The molecule has 0 bridgehead atoms. The second kappa shape index (κ2) is 7.70. The summed E-state index contributed by atoms with van der Waals surface area (Å²) in [6, 6.07) is 9.66. The Balaban J connectivity index is 2.61. The minimum atomic E-state index is 0.243. The molecule has 0 atom stereocenters. The van der Waals surface area contributed by atoms with Crippen molar-refractivity contribution >= 4 is 12.2 Å². The van der Waals surface area contributed by atoms with E-state index >= 15 is 0 Å². The van der Waals surface area contributed by atoms with E-state index < -0.39 is 0 Å². The molecule has 0 saturated carbocycles. The summed E-state index contributed by atoms with van der Waals surface area (Å²) < 4.78 is 0. The van der Waals surface area contributed by atoms with Gasteiger partial charge in [-0.15, -0.1) is 5.11 Å². The van der Waals surface area contributed by atoms with Crippen molar-refractivity contribution in [2.45, 2.75) is 0 Å². The fourth-order valence-electron chi connectivity index (χ4n) is 0.963. The first kappa shape index (κ1) is 12.5. The van der Waals surface area contributed by atoms with Crippen LogP contribution in [0.1, 0.15) is 5.56 Å². The van der Waals surface area contributed by atoms with Crippen LogP contribution in [0.3, 0.4) is 0 Å². The highest BCUT2D eigenvalue weighted by Gasteiger charge is 1.90. The van der Waals surface area contributed by atoms with Crippen molar-refractivity contribution in [3.05, 3.63) is 61.5 Å². The number of hydrazone groups is 1. The summed E-state index contributed by atoms with van der Waals surface area (Å²) in [6.45, 7) is 6.88. The van der Waals surface area contributed by atoms with Gasteiger partial charge in [-0.25, -0.2) is 10.4 Å². The third kappa shape index (κ3) is 5.17. The molecule has 0 aliphatic carbocycles. The zero-order chi connectivity index (χ0) is 12.3. The minimum Gasteiger partial charge on any atom is -0.244 e. The van der Waals surface area contributed by atoms with Gasteiger partial charge in [0.05, 0.1) is 6.21 Å². The maximum absolute atomic E-state index is 3.97. The molecular weight excluding hydrogens is 214 g/mol. The Hall–Kier alpha value is -2.56. The quantitative estimate of drug-likeness (QED) is 0.365. The molecule has 5 nitrogen and oxygen atoms in total. The van der Waals surface area contributed by atoms with Crippen LogP contribution in [0.25, 0.3) is 0 Å². The van der Waals surface area contributed by atoms with Gasteiger partial charge in [-0.2, -0.15) is 10.2 Å². The van der Waals surface area contributed by atoms with Gasteiger partial charge in [0.1, 0.15) is 0 Å². The third-order valence-corrected chi connectivity index (χ3v) is 1.63. The average Bonchev–Trinajstić information content (AvgIpc) is 2.37. The molecule has 1 aromatic rings. The van der Waals surface area contributed by atoms with E-state index in [2.05, 4.69) is 38.9 Å². The van der Waals surface area contributed by atoms with Crippen LogP contribution in [0.4, 0.5) is 0 Å². The van der Waals surface area contributed by atoms with Crippen molar-refractivity contribution in [3.63, 3.8) is 0 Å². The van der Waals surface area contributed by atoms with E-state index in [0.29, 0.717) is 0 Å². The molecule has 0 saturated heterocycles. The molecule has 1 rings (SSSR count). The van der Waals surface area contributed by atoms with E-state index in [1.807, 2.05) is 30.3 Å². The second-order valence-corrected chi connectivity index (χ2v) is 2.81. The van der Waals surface area contributed by atoms with Crippen molar-refractivity contribution in [1.29, 1.82) is 0 Å². The van der Waals surface area contributed by atoms with E-state index in [4.69, 9.17) is 0 Å². The SMILES string of the molecule is C=C/N=N\C(=N/C=C)N/N=C/c1ccccc1. The molecule has 0 aliphatic rings. The number of benzene rings is 1. The van der Waals surface area contributed by atoms with Crippen LogP contribution in [0.2, 0.25) is 0 Å². The standard InChI is InChI=1S/C12H13N5/c1-3-13-12(16-14-4-2)17-15-10-11-8-6-5-7-9-11/h3-10H,1-2H2,(H,13,17)/b15-10+,16-14-. The van der Waals surface area contributed by atoms with Gasteiger partial charge in [-0.05, 0) is 5.56 Å². The summed E-state index contributed by atoms with van der Waals surface area (Å²) in [4.78, 5) is 3.84. The summed E-state index contributed by atoms with van der Waals surface area (Å²) in [5, 5.41) is 11.3. The molecule has 17 heavy (non-hydrogen) atoms. The highest BCUT2D eigenvalue weighted by Crippen LogP contribution is 1.93. The molecule has 0 spiro atoms. The number of aliphatic imine (C=N–C) groups is 1. The lowest BCUT2D eigenvalue weighted by molar-refractivity contribution is 0.992. The van der Waals surface area contributed by atoms with Gasteiger partial charge < -0.3 is 0 Å². The van der Waals surface area contributed by atoms with Crippen LogP contribution < -0.4 is 5.43 Å². The Morgan fingerprint density at radius 2 is 1.88 bits per heavy atom. The van der Waals surface area contributed by atoms with E-state index in [-0.39, 0.29) is 5.96 Å². The highest BCUT2D eigenvalue weighted by molar-refractivity contribution is 5.84. The van der Waals surface area contributed by atoms with Gasteiger partial charge in [-0.1, -0.05) is 43.5 Å². The molecule has 0 radical (unpaired) electrons. The zero-order valence-electron chi connectivity index (χ0n) is 9.32. The molecule has 1 aromatic carbocycles. The van der Waals surface area contributed by atoms with Gasteiger partial charge in [0, 0.05) is 12.4 Å². The predicted molar refractivity (Wildman–Crippen MR) is 69.9 cm³/mol. The lowest BCUT2D eigenvalue weighted by Crippen LogP contribution is -2.14. The molecule has 86 valence electrons. The van der Waals surface area contributed by atoms with Crippen LogP contribution in [0, 0.1) is 0 Å². The summed E-state index contributed by atoms with van der Waals surface area (Å²) in [5.41, 5.74) is 3.61. The van der Waals surface area contributed by atoms with Crippen LogP contribution in [0.15, 0.2) is 76.2 Å². The maximum atomic E-state index is 3.97. The van der Waals surface area contributed by atoms with Crippen molar-refractivity contribution in [3.8, 4) is 0 Å². The topological polar surface area (TPSA) is 61.5 Å². The first-order valence-corrected chi connectivity index (χ1v) is 4.91. The Labute approximate surface area is 100.0 Å². The smallest absolute Gasteiger partial charge is 0.244 e. The molecular formula is C12H13N5. The maximum Gasteiger partial charge on any atom is 0.263 e. The van der Waals surface area contributed by atoms with Gasteiger partial charge in [0.15, 0.2) is 0 Å². The monoisotopic (exact) mass is 227 g/mol. The number of guanidine groups is 1. The van der Waals surface area contributed by atoms with E-state index in [0.717, 1.165) is 5.56 Å². The minimum absolute atomic E-state index is 0.243. The summed E-state index contributed by atoms with van der Waals surface area (Å²) in [6.07, 6.45) is 4.31. The van der Waals surface area contributed by atoms with Crippen LogP contribution in [-0.4, -0.2) is 12.2 Å². The fourth-order valence-corrected chi connectivity index (χ4v) is 0.963. The summed E-state index contributed by atoms with van der Waals surface area (Å²) in [5.74, 6) is 0.243. The lowest BCUT2D eigenvalue weighted by atomic mass is 10.2. The Morgan fingerprint density at radius 1 is 1.12 bits per heavy atom. The van der Waals surface area contributed by atoms with Crippen molar-refractivity contribution in [2.24, 2.45) is 20.3 Å². The first-order chi connectivity index (χ1) is 8.36. The lowest BCUT2D eigenvalue weighted by Gasteiger charge is -1.96. The highest BCUT2D eigenvalue weighted by atomic mass is 15.4. The van der Waals surface area contributed by atoms with Crippen molar-refractivity contribution in [2.75, 3.05) is 0 Å². The molecule has 0 unspecified atom stereocenters. The molecule has 0 heterocycles. The molecule has 5 heteroatoms. The van der Waals surface area contributed by atoms with E-state index in [1.54, 1.807) is 6.21 Å². The number of nitrogens with one attached hydrogen (secondary N) is 1. The Morgan fingerprint density at radius 3 is 2.53 bits per heavy atom. The number of hydrogen-bond acceptors (Lipinski definition) is 3. The van der Waals surface area contributed by atoms with Crippen LogP contribution in [0.5, 0.6) is 0 Å². The Bertz CT molecular complexity index is 445. The molecule has 1 N–H and O–H groups in total. The van der Waals surface area contributed by atoms with Gasteiger partial charge in [0.25, 0.3) is 5.96 Å². The van der Waals surface area contributed by atoms with Crippen molar-refractivity contribution < 1.29 is 0 Å². The fraction of sp³-hybridized carbons (Fsp3) is 0. The molecule has 0 amide bonds. The summed E-state index contributed by atoms with van der Waals surface area (Å²) >= 11 is 0. The van der Waals surface area contributed by atoms with Crippen molar-refractivity contribution in [1.82, 2.24) is 5.43 Å². The van der Waals surface area contributed by atoms with Crippen LogP contribution >= 0.6 is 0 Å². The largest absolute Gasteiger partial charge is 0.263 e.